The van der Waals surface area contributed by atoms with Gasteiger partial charge in [0, 0.05) is 0 Å². The molecule has 2 saturated carbocycles. The van der Waals surface area contributed by atoms with Crippen molar-refractivity contribution in [3.63, 3.8) is 0 Å². The Hall–Kier alpha value is 0.430. The molecule has 0 amide bonds. The molecule has 18 heavy (non-hydrogen) atoms. The average Bonchev–Trinajstić information content (AvgIpc) is 2.41. The third kappa shape index (κ3) is 2.17. The van der Waals surface area contributed by atoms with E-state index in [0.29, 0.717) is 7.92 Å². The van der Waals surface area contributed by atoms with E-state index in [-0.39, 0.29) is 0 Å². The van der Waals surface area contributed by atoms with Crippen LogP contribution in [-0.2, 0) is 0 Å². The van der Waals surface area contributed by atoms with Gasteiger partial charge in [0.25, 0.3) is 0 Å². The van der Waals surface area contributed by atoms with E-state index in [2.05, 4.69) is 6.92 Å². The lowest BCUT2D eigenvalue weighted by atomic mass is 9.79. The second-order valence-electron chi connectivity index (χ2n) is 7.17. The Morgan fingerprint density at radius 2 is 1.00 bits per heavy atom. The van der Waals surface area contributed by atoms with Crippen LogP contribution in [0, 0.1) is 0 Å². The molecule has 3 fully saturated rings. The van der Waals surface area contributed by atoms with Crippen molar-refractivity contribution in [3.8, 4) is 0 Å². The number of rotatable bonds is 1. The van der Waals surface area contributed by atoms with Crippen molar-refractivity contribution in [3.05, 3.63) is 0 Å². The van der Waals surface area contributed by atoms with Crippen LogP contribution in [0.15, 0.2) is 0 Å². The molecular weight excluding hydrogens is 235 g/mol. The topological polar surface area (TPSA) is 0 Å². The van der Waals surface area contributed by atoms with E-state index < -0.39 is 0 Å². The highest BCUT2D eigenvalue weighted by atomic mass is 31.1. The van der Waals surface area contributed by atoms with Crippen LogP contribution in [0.25, 0.3) is 0 Å². The van der Waals surface area contributed by atoms with Gasteiger partial charge >= 0.3 is 0 Å². The maximum Gasteiger partial charge on any atom is -0.00895 e. The highest BCUT2D eigenvalue weighted by molar-refractivity contribution is 7.61. The minimum Gasteiger partial charge on any atom is -0.0942 e. The minimum absolute atomic E-state index is 0.326. The van der Waals surface area contributed by atoms with E-state index in [1.165, 1.54) is 19.0 Å². The first-order chi connectivity index (χ1) is 8.81. The zero-order valence-electron chi connectivity index (χ0n) is 12.3. The van der Waals surface area contributed by atoms with Crippen LogP contribution in [0.2, 0.25) is 0 Å². The molecule has 0 aromatic rings. The molecule has 0 bridgehead atoms. The van der Waals surface area contributed by atoms with Gasteiger partial charge in [-0.3, -0.25) is 0 Å². The molecule has 0 radical (unpaired) electrons. The molecule has 0 atom stereocenters. The monoisotopic (exact) mass is 266 g/mol. The Morgan fingerprint density at radius 3 is 1.39 bits per heavy atom. The molecule has 0 unspecified atom stereocenters. The van der Waals surface area contributed by atoms with Crippen LogP contribution in [0.4, 0.5) is 0 Å². The first-order valence-electron chi connectivity index (χ1n) is 8.59. The lowest BCUT2D eigenvalue weighted by Crippen LogP contribution is -2.45. The van der Waals surface area contributed by atoms with Crippen LogP contribution in [0.1, 0.15) is 90.4 Å². The molecule has 1 aliphatic heterocycles. The Kier molecular flexibility index (Phi) is 4.05. The third-order valence-electron chi connectivity index (χ3n) is 6.31. The van der Waals surface area contributed by atoms with E-state index in [1.807, 2.05) is 0 Å². The van der Waals surface area contributed by atoms with Crippen molar-refractivity contribution in [2.75, 3.05) is 6.16 Å². The summed E-state index contributed by atoms with van der Waals surface area (Å²) < 4.78 is 0. The molecule has 0 N–H and O–H groups in total. The summed E-state index contributed by atoms with van der Waals surface area (Å²) in [5, 5.41) is 1.72. The van der Waals surface area contributed by atoms with Crippen LogP contribution in [0.3, 0.4) is 0 Å². The smallest absolute Gasteiger partial charge is 0.00895 e. The van der Waals surface area contributed by atoms with Gasteiger partial charge in [0.1, 0.15) is 0 Å². The predicted molar refractivity (Wildman–Crippen MR) is 82.9 cm³/mol. The second-order valence-corrected chi connectivity index (χ2v) is 10.6. The van der Waals surface area contributed by atoms with Crippen LogP contribution in [-0.4, -0.2) is 16.5 Å². The molecular formula is C17H31P. The molecule has 3 rings (SSSR count). The van der Waals surface area contributed by atoms with Crippen molar-refractivity contribution in [1.29, 1.82) is 0 Å². The Balaban J connectivity index is 1.86. The lowest BCUT2D eigenvalue weighted by molar-refractivity contribution is 0.283. The molecule has 1 heterocycles. The van der Waals surface area contributed by atoms with Crippen molar-refractivity contribution in [1.82, 2.24) is 0 Å². The summed E-state index contributed by atoms with van der Waals surface area (Å²) in [7, 11) is 0.326. The molecule has 0 aromatic carbocycles. The van der Waals surface area contributed by atoms with Gasteiger partial charge in [0.05, 0.1) is 0 Å². The molecule has 1 heteroatoms. The van der Waals surface area contributed by atoms with Gasteiger partial charge in [0.15, 0.2) is 0 Å². The van der Waals surface area contributed by atoms with Gasteiger partial charge < -0.3 is 0 Å². The zero-order chi connectivity index (χ0) is 12.5. The first-order valence-corrected chi connectivity index (χ1v) is 10.1. The van der Waals surface area contributed by atoms with Crippen molar-refractivity contribution < 1.29 is 0 Å². The molecule has 0 aromatic heterocycles. The van der Waals surface area contributed by atoms with Gasteiger partial charge in [-0.25, -0.2) is 0 Å². The minimum atomic E-state index is 0.326. The molecule has 3 aliphatic rings. The van der Waals surface area contributed by atoms with Crippen LogP contribution >= 0.6 is 7.92 Å². The summed E-state index contributed by atoms with van der Waals surface area (Å²) in [5.41, 5.74) is 0. The normalized spacial score (nSPS) is 31.8. The van der Waals surface area contributed by atoms with Crippen molar-refractivity contribution >= 4 is 7.92 Å². The fourth-order valence-electron chi connectivity index (χ4n) is 5.65. The maximum absolute atomic E-state index is 2.53. The third-order valence-corrected chi connectivity index (χ3v) is 10.6. The van der Waals surface area contributed by atoms with E-state index >= 15 is 0 Å². The fraction of sp³-hybridized carbons (Fsp3) is 1.00. The summed E-state index contributed by atoms with van der Waals surface area (Å²) >= 11 is 0. The second kappa shape index (κ2) is 5.43. The van der Waals surface area contributed by atoms with Gasteiger partial charge in [-0.1, -0.05) is 59.8 Å². The van der Waals surface area contributed by atoms with Crippen molar-refractivity contribution in [2.24, 2.45) is 0 Å². The average molecular weight is 266 g/mol. The summed E-state index contributed by atoms with van der Waals surface area (Å²) in [6.07, 6.45) is 22.0. The first kappa shape index (κ1) is 13.4. The van der Waals surface area contributed by atoms with Gasteiger partial charge in [-0.05, 0) is 55.0 Å². The summed E-state index contributed by atoms with van der Waals surface area (Å²) in [4.78, 5) is 0. The van der Waals surface area contributed by atoms with Crippen LogP contribution < -0.4 is 0 Å². The largest absolute Gasteiger partial charge is 0.0942 e. The molecule has 104 valence electrons. The molecule has 2 spiro atoms. The predicted octanol–water partition coefficient (Wildman–Crippen LogP) is 6.08. The quantitative estimate of drug-likeness (QED) is 0.505. The molecule has 1 saturated heterocycles. The van der Waals surface area contributed by atoms with Gasteiger partial charge in [0.2, 0.25) is 0 Å². The molecule has 2 aliphatic carbocycles. The SMILES string of the molecule is CCP1C2(CCCCC2)CCCC12CCCCC2. The van der Waals surface area contributed by atoms with E-state index in [1.54, 1.807) is 70.6 Å². The van der Waals surface area contributed by atoms with Gasteiger partial charge in [-0.15, -0.1) is 0 Å². The van der Waals surface area contributed by atoms with E-state index in [4.69, 9.17) is 0 Å². The van der Waals surface area contributed by atoms with Crippen molar-refractivity contribution in [2.45, 2.75) is 101 Å². The highest BCUT2D eigenvalue weighted by Crippen LogP contribution is 2.73. The Morgan fingerprint density at radius 1 is 0.611 bits per heavy atom. The van der Waals surface area contributed by atoms with Crippen LogP contribution in [0.5, 0.6) is 0 Å². The Labute approximate surface area is 115 Å². The summed E-state index contributed by atoms with van der Waals surface area (Å²) in [6, 6.07) is 0. The Bertz CT molecular complexity index is 234. The van der Waals surface area contributed by atoms with Gasteiger partial charge in [-0.2, -0.15) is 0 Å². The number of hydrogen-bond donors (Lipinski definition) is 0. The lowest BCUT2D eigenvalue weighted by Gasteiger charge is -2.58. The fourth-order valence-corrected chi connectivity index (χ4v) is 10.6. The summed E-state index contributed by atoms with van der Waals surface area (Å²) in [6.45, 7) is 2.53. The summed E-state index contributed by atoms with van der Waals surface area (Å²) in [5.74, 6) is 0. The standard InChI is InChI=1S/C17H31P/c1-2-18-16(10-5-3-6-11-16)14-9-15-17(18)12-7-4-8-13-17/h2-15H2,1H3. The highest BCUT2D eigenvalue weighted by Gasteiger charge is 2.51. The van der Waals surface area contributed by atoms with E-state index in [0.717, 1.165) is 10.3 Å². The zero-order valence-corrected chi connectivity index (χ0v) is 13.2. The maximum atomic E-state index is 2.53. The number of hydrogen-bond acceptors (Lipinski definition) is 0. The molecule has 0 nitrogen and oxygen atoms in total. The van der Waals surface area contributed by atoms with E-state index in [9.17, 15) is 0 Å².